The van der Waals surface area contributed by atoms with Crippen molar-refractivity contribution in [2.24, 2.45) is 0 Å². The van der Waals surface area contributed by atoms with Crippen LogP contribution in [0.2, 0.25) is 0 Å². The summed E-state index contributed by atoms with van der Waals surface area (Å²) >= 11 is 0. The monoisotopic (exact) mass is 196 g/mol. The topological polar surface area (TPSA) is 15.3 Å². The molecule has 0 aliphatic carbocycles. The molecule has 0 aromatic heterocycles. The molecule has 0 spiro atoms. The first-order chi connectivity index (χ1) is 6.86. The highest BCUT2D eigenvalue weighted by Gasteiger charge is 2.16. The van der Waals surface area contributed by atoms with Crippen LogP contribution in [0, 0.1) is 0 Å². The molecule has 82 valence electrons. The molecule has 1 aliphatic heterocycles. The Morgan fingerprint density at radius 3 is 2.64 bits per heavy atom. The minimum absolute atomic E-state index is 0.776. The van der Waals surface area contributed by atoms with Crippen LogP contribution in [-0.4, -0.2) is 37.1 Å². The number of nitrogens with zero attached hydrogens (tertiary/aromatic N) is 1. The molecule has 0 aromatic rings. The van der Waals surface area contributed by atoms with Gasteiger partial charge in [-0.25, -0.2) is 0 Å². The molecule has 0 saturated carbocycles. The average Bonchev–Trinajstić information content (AvgIpc) is 2.21. The molecule has 2 nitrogen and oxygen atoms in total. The summed E-state index contributed by atoms with van der Waals surface area (Å²) in [5.74, 6) is 0. The van der Waals surface area contributed by atoms with Gasteiger partial charge in [0.25, 0.3) is 0 Å². The Morgan fingerprint density at radius 1 is 1.36 bits per heavy atom. The van der Waals surface area contributed by atoms with Gasteiger partial charge < -0.3 is 10.2 Å². The predicted octanol–water partition coefficient (Wildman–Crippen LogP) is 2.03. The van der Waals surface area contributed by atoms with Gasteiger partial charge in [0, 0.05) is 12.6 Å². The van der Waals surface area contributed by atoms with Crippen molar-refractivity contribution in [3.05, 3.63) is 12.2 Å². The van der Waals surface area contributed by atoms with Crippen LogP contribution in [0.4, 0.5) is 0 Å². The van der Waals surface area contributed by atoms with Gasteiger partial charge >= 0.3 is 0 Å². The minimum Gasteiger partial charge on any atom is -0.314 e. The summed E-state index contributed by atoms with van der Waals surface area (Å²) in [5, 5.41) is 3.53. The van der Waals surface area contributed by atoms with E-state index in [4.69, 9.17) is 0 Å². The Balaban J connectivity index is 2.09. The van der Waals surface area contributed by atoms with E-state index in [1.165, 1.54) is 38.9 Å². The zero-order valence-electron chi connectivity index (χ0n) is 9.63. The third kappa shape index (κ3) is 4.25. The number of rotatable bonds is 5. The molecule has 0 amide bonds. The SMILES string of the molecule is C/C=C/CCN1CCC(NCC)CC1. The zero-order chi connectivity index (χ0) is 10.2. The van der Waals surface area contributed by atoms with Crippen LogP contribution in [0.15, 0.2) is 12.2 Å². The lowest BCUT2D eigenvalue weighted by Gasteiger charge is -2.32. The van der Waals surface area contributed by atoms with E-state index in [9.17, 15) is 0 Å². The predicted molar refractivity (Wildman–Crippen MR) is 62.6 cm³/mol. The smallest absolute Gasteiger partial charge is 0.00912 e. The van der Waals surface area contributed by atoms with E-state index in [1.807, 2.05) is 0 Å². The normalized spacial score (nSPS) is 20.7. The maximum absolute atomic E-state index is 3.53. The molecule has 1 saturated heterocycles. The van der Waals surface area contributed by atoms with Crippen molar-refractivity contribution >= 4 is 0 Å². The van der Waals surface area contributed by atoms with E-state index >= 15 is 0 Å². The second-order valence-electron chi connectivity index (χ2n) is 4.03. The summed E-state index contributed by atoms with van der Waals surface area (Å²) in [4.78, 5) is 2.58. The highest BCUT2D eigenvalue weighted by atomic mass is 15.1. The molecule has 0 unspecified atom stereocenters. The lowest BCUT2D eigenvalue weighted by atomic mass is 10.0. The maximum Gasteiger partial charge on any atom is 0.00912 e. The molecule has 0 atom stereocenters. The maximum atomic E-state index is 3.53. The molecule has 0 bridgehead atoms. The van der Waals surface area contributed by atoms with Crippen LogP contribution in [0.5, 0.6) is 0 Å². The molecule has 1 rings (SSSR count). The molecular weight excluding hydrogens is 172 g/mol. The first-order valence-corrected chi connectivity index (χ1v) is 5.93. The van der Waals surface area contributed by atoms with E-state index in [-0.39, 0.29) is 0 Å². The molecule has 1 heterocycles. The van der Waals surface area contributed by atoms with Crippen LogP contribution in [0.25, 0.3) is 0 Å². The van der Waals surface area contributed by atoms with Crippen LogP contribution in [0.3, 0.4) is 0 Å². The molecule has 0 radical (unpaired) electrons. The van der Waals surface area contributed by atoms with Gasteiger partial charge in [-0.2, -0.15) is 0 Å². The summed E-state index contributed by atoms with van der Waals surface area (Å²) < 4.78 is 0. The molecule has 1 N–H and O–H groups in total. The van der Waals surface area contributed by atoms with Gasteiger partial charge in [0.1, 0.15) is 0 Å². The highest BCUT2D eigenvalue weighted by molar-refractivity contribution is 4.81. The van der Waals surface area contributed by atoms with E-state index in [2.05, 4.69) is 36.2 Å². The number of hydrogen-bond donors (Lipinski definition) is 1. The standard InChI is InChI=1S/C12H24N2/c1-3-5-6-9-14-10-7-12(8-11-14)13-4-2/h3,5,12-13H,4,6-11H2,1-2H3/b5-3+. The molecule has 0 aromatic carbocycles. The average molecular weight is 196 g/mol. The van der Waals surface area contributed by atoms with Crippen LogP contribution in [-0.2, 0) is 0 Å². The Morgan fingerprint density at radius 2 is 2.07 bits per heavy atom. The highest BCUT2D eigenvalue weighted by Crippen LogP contribution is 2.10. The summed E-state index contributed by atoms with van der Waals surface area (Å²) in [6, 6.07) is 0.776. The van der Waals surface area contributed by atoms with Crippen molar-refractivity contribution in [1.82, 2.24) is 10.2 Å². The van der Waals surface area contributed by atoms with Gasteiger partial charge in [0.05, 0.1) is 0 Å². The van der Waals surface area contributed by atoms with Gasteiger partial charge in [-0.3, -0.25) is 0 Å². The van der Waals surface area contributed by atoms with Crippen molar-refractivity contribution in [3.63, 3.8) is 0 Å². The van der Waals surface area contributed by atoms with Gasteiger partial charge in [0.15, 0.2) is 0 Å². The van der Waals surface area contributed by atoms with E-state index in [0.29, 0.717) is 0 Å². The van der Waals surface area contributed by atoms with Crippen molar-refractivity contribution in [3.8, 4) is 0 Å². The minimum atomic E-state index is 0.776. The van der Waals surface area contributed by atoms with Crippen LogP contribution in [0.1, 0.15) is 33.1 Å². The van der Waals surface area contributed by atoms with E-state index < -0.39 is 0 Å². The second kappa shape index (κ2) is 7.02. The number of allylic oxidation sites excluding steroid dienone is 1. The fraction of sp³-hybridized carbons (Fsp3) is 0.833. The fourth-order valence-corrected chi connectivity index (χ4v) is 2.07. The fourth-order valence-electron chi connectivity index (χ4n) is 2.07. The summed E-state index contributed by atoms with van der Waals surface area (Å²) in [6.07, 6.45) is 8.26. The lowest BCUT2D eigenvalue weighted by molar-refractivity contribution is 0.202. The first-order valence-electron chi connectivity index (χ1n) is 5.93. The Kier molecular flexibility index (Phi) is 5.88. The van der Waals surface area contributed by atoms with Crippen molar-refractivity contribution < 1.29 is 0 Å². The van der Waals surface area contributed by atoms with Gasteiger partial charge in [-0.15, -0.1) is 0 Å². The lowest BCUT2D eigenvalue weighted by Crippen LogP contribution is -2.42. The van der Waals surface area contributed by atoms with Gasteiger partial charge in [-0.05, 0) is 45.8 Å². The molecule has 1 aliphatic rings. The second-order valence-corrected chi connectivity index (χ2v) is 4.03. The first kappa shape index (κ1) is 11.7. The number of piperidine rings is 1. The summed E-state index contributed by atoms with van der Waals surface area (Å²) in [5.41, 5.74) is 0. The molecule has 14 heavy (non-hydrogen) atoms. The van der Waals surface area contributed by atoms with Gasteiger partial charge in [0.2, 0.25) is 0 Å². The number of likely N-dealkylation sites (tertiary alicyclic amines) is 1. The van der Waals surface area contributed by atoms with Gasteiger partial charge in [-0.1, -0.05) is 19.1 Å². The summed E-state index contributed by atoms with van der Waals surface area (Å²) in [6.45, 7) is 9.19. The Labute approximate surface area is 88.4 Å². The molecular formula is C12H24N2. The molecule has 2 heteroatoms. The summed E-state index contributed by atoms with van der Waals surface area (Å²) in [7, 11) is 0. The Bertz CT molecular complexity index is 158. The van der Waals surface area contributed by atoms with Crippen molar-refractivity contribution in [2.75, 3.05) is 26.2 Å². The van der Waals surface area contributed by atoms with E-state index in [0.717, 1.165) is 12.6 Å². The quantitative estimate of drug-likeness (QED) is 0.677. The Hall–Kier alpha value is -0.340. The van der Waals surface area contributed by atoms with E-state index in [1.54, 1.807) is 0 Å². The zero-order valence-corrected chi connectivity index (χ0v) is 9.63. The van der Waals surface area contributed by atoms with Crippen LogP contribution >= 0.6 is 0 Å². The van der Waals surface area contributed by atoms with Crippen LogP contribution < -0.4 is 5.32 Å². The largest absolute Gasteiger partial charge is 0.314 e. The van der Waals surface area contributed by atoms with Crippen molar-refractivity contribution in [2.45, 2.75) is 39.2 Å². The molecule has 1 fully saturated rings. The third-order valence-electron chi connectivity index (χ3n) is 2.93. The number of nitrogens with one attached hydrogen (secondary N) is 1. The van der Waals surface area contributed by atoms with Crippen molar-refractivity contribution in [1.29, 1.82) is 0 Å². The third-order valence-corrected chi connectivity index (χ3v) is 2.93. The number of hydrogen-bond acceptors (Lipinski definition) is 2.